The number of fused-ring (bicyclic) bond motifs is 4. The molecule has 4 aromatic rings. The number of carbonyl (C=O) groups excluding carboxylic acids is 3. The van der Waals surface area contributed by atoms with Crippen molar-refractivity contribution < 1.29 is 55.8 Å². The van der Waals surface area contributed by atoms with Gasteiger partial charge in [0.15, 0.2) is 25.4 Å². The molecule has 0 radical (unpaired) electrons. The number of aliphatic hydroxyl groups is 1. The van der Waals surface area contributed by atoms with E-state index < -0.39 is 72.2 Å². The zero-order valence-electron chi connectivity index (χ0n) is 40.0. The van der Waals surface area contributed by atoms with Gasteiger partial charge in [-0.1, -0.05) is 107 Å². The van der Waals surface area contributed by atoms with Crippen LogP contribution in [0.2, 0.25) is 18.1 Å². The second kappa shape index (κ2) is 20.5. The molecule has 17 heteroatoms. The normalized spacial score (nSPS) is 20.1. The van der Waals surface area contributed by atoms with Crippen molar-refractivity contribution in [1.29, 1.82) is 0 Å². The van der Waals surface area contributed by atoms with E-state index in [-0.39, 0.29) is 91.0 Å². The number of benzene rings is 3. The summed E-state index contributed by atoms with van der Waals surface area (Å²) in [4.78, 5) is 47.6. The molecule has 4 atom stereocenters. The van der Waals surface area contributed by atoms with Crippen molar-refractivity contribution in [3.63, 3.8) is 0 Å². The number of unbranched alkanes of at least 4 members (excludes halogenated alkanes) is 1. The summed E-state index contributed by atoms with van der Waals surface area (Å²) in [5.41, 5.74) is -1.89. The molecular weight excluding hydrogens is 910 g/mol. The number of aromatic nitrogens is 1. The number of anilines is 1. The highest BCUT2D eigenvalue weighted by Crippen LogP contribution is 2.60. The zero-order valence-corrected chi connectivity index (χ0v) is 41.0. The summed E-state index contributed by atoms with van der Waals surface area (Å²) < 4.78 is 74.2. The number of nitrogens with one attached hydrogen (secondary N) is 2. The van der Waals surface area contributed by atoms with Gasteiger partial charge in [-0.05, 0) is 66.1 Å². The lowest BCUT2D eigenvalue weighted by atomic mass is 9.57. The number of halogens is 3. The van der Waals surface area contributed by atoms with E-state index >= 15 is 9.59 Å². The average Bonchev–Trinajstić information content (AvgIpc) is 3.71. The third-order valence-corrected chi connectivity index (χ3v) is 18.0. The van der Waals surface area contributed by atoms with E-state index in [2.05, 4.69) is 28.9 Å². The molecule has 7 rings (SSSR count). The van der Waals surface area contributed by atoms with Crippen molar-refractivity contribution in [3.8, 4) is 17.4 Å². The first kappa shape index (κ1) is 50.9. The summed E-state index contributed by atoms with van der Waals surface area (Å²) in [5, 5.41) is 22.3. The molecule has 1 amide bonds. The Bertz CT molecular complexity index is 2580. The van der Waals surface area contributed by atoms with Gasteiger partial charge in [-0.25, -0.2) is 0 Å². The average molecular weight is 971 g/mol. The molecule has 13 nitrogen and oxygen atoms in total. The minimum atomic E-state index is -5.21. The molecule has 0 saturated heterocycles. The number of ether oxygens (including phenoxy) is 3. The van der Waals surface area contributed by atoms with Crippen LogP contribution >= 0.6 is 0 Å². The summed E-state index contributed by atoms with van der Waals surface area (Å²) in [6.45, 7) is 20.3. The summed E-state index contributed by atoms with van der Waals surface area (Å²) in [6.07, 6.45) is -0.579. The Morgan fingerprint density at radius 2 is 1.59 bits per heavy atom. The number of rotatable bonds is 20. The Hall–Kier alpha value is -6.01. The quantitative estimate of drug-likeness (QED) is 0.0333. The molecule has 368 valence electrons. The van der Waals surface area contributed by atoms with Gasteiger partial charge in [0.1, 0.15) is 30.3 Å². The van der Waals surface area contributed by atoms with Gasteiger partial charge in [-0.3, -0.25) is 19.3 Å². The number of Topliss-reactive ketones (excluding diaryl/α,β-unsaturated/α-hetero) is 2. The fourth-order valence-electron chi connectivity index (χ4n) is 9.32. The van der Waals surface area contributed by atoms with Crippen molar-refractivity contribution in [3.05, 3.63) is 131 Å². The van der Waals surface area contributed by atoms with Crippen LogP contribution in [0.25, 0.3) is 5.76 Å². The maximum atomic E-state index is 16.3. The number of alkyl halides is 3. The molecule has 3 aliphatic carbocycles. The summed E-state index contributed by atoms with van der Waals surface area (Å²) >= 11 is 0. The lowest BCUT2D eigenvalue weighted by Gasteiger charge is -2.55. The van der Waals surface area contributed by atoms with Crippen molar-refractivity contribution >= 4 is 37.2 Å². The van der Waals surface area contributed by atoms with E-state index in [1.807, 2.05) is 76.0 Å². The highest BCUT2D eigenvalue weighted by Gasteiger charge is 2.69. The van der Waals surface area contributed by atoms with Crippen LogP contribution < -0.4 is 24.8 Å². The molecule has 1 aromatic heterocycles. The number of aliphatic hydroxyl groups excluding tert-OH is 1. The summed E-state index contributed by atoms with van der Waals surface area (Å²) in [6, 6.07) is 18.2. The molecule has 1 unspecified atom stereocenters. The maximum Gasteiger partial charge on any atom is 0.573 e. The third kappa shape index (κ3) is 10.3. The molecule has 1 heterocycles. The molecule has 3 N–H and O–H groups in total. The van der Waals surface area contributed by atoms with Crippen molar-refractivity contribution in [1.82, 2.24) is 15.4 Å². The van der Waals surface area contributed by atoms with Gasteiger partial charge < -0.3 is 38.9 Å². The SMILES string of the molecule is C=CCN(CC=C)[C@@H]1c2onc(OCc3ccccc3)c2C(=O)C2(O[Si](C)(C)C(C)(C)C)C(=O)C3=C(O)c4c(c(OC(F)(F)F)cc(NC(=O)CNCCCC)c4OCc4ccccc4)C[C@H]3C[C@@H]12. The second-order valence-corrected chi connectivity index (χ2v) is 24.0. The number of hydrogen-bond donors (Lipinski definition) is 3. The fraction of sp³-hybridized carbons (Fsp3) is 0.423. The molecule has 3 aliphatic rings. The third-order valence-electron chi connectivity index (χ3n) is 13.5. The minimum absolute atomic E-state index is 0.000811. The molecule has 0 aliphatic heterocycles. The smallest absolute Gasteiger partial charge is 0.507 e. The Kier molecular flexibility index (Phi) is 15.1. The number of hydrogen-bond acceptors (Lipinski definition) is 12. The van der Waals surface area contributed by atoms with Gasteiger partial charge in [0.2, 0.25) is 17.5 Å². The lowest BCUT2D eigenvalue weighted by molar-refractivity contribution is -0.275. The Morgan fingerprint density at radius 1 is 0.971 bits per heavy atom. The lowest BCUT2D eigenvalue weighted by Crippen LogP contribution is -2.68. The molecule has 1 fully saturated rings. The monoisotopic (exact) mass is 970 g/mol. The summed E-state index contributed by atoms with van der Waals surface area (Å²) in [7, 11) is -3.19. The van der Waals surface area contributed by atoms with Crippen molar-refractivity contribution in [2.24, 2.45) is 11.8 Å². The predicted octanol–water partition coefficient (Wildman–Crippen LogP) is 10.5. The van der Waals surface area contributed by atoms with Gasteiger partial charge in [0.25, 0.3) is 5.88 Å². The van der Waals surface area contributed by atoms with Crippen LogP contribution in [0.15, 0.2) is 102 Å². The zero-order chi connectivity index (χ0) is 49.9. The van der Waals surface area contributed by atoms with Crippen LogP contribution in [0.3, 0.4) is 0 Å². The van der Waals surface area contributed by atoms with E-state index in [0.29, 0.717) is 12.1 Å². The van der Waals surface area contributed by atoms with Crippen LogP contribution in [-0.2, 0) is 33.6 Å². The summed E-state index contributed by atoms with van der Waals surface area (Å²) in [5.74, 6) is -5.98. The first-order chi connectivity index (χ1) is 32.8. The van der Waals surface area contributed by atoms with Gasteiger partial charge in [-0.2, -0.15) is 0 Å². The van der Waals surface area contributed by atoms with E-state index in [1.165, 1.54) is 0 Å². The number of carbonyl (C=O) groups is 3. The van der Waals surface area contributed by atoms with Crippen molar-refractivity contribution in [2.45, 2.75) is 103 Å². The predicted molar refractivity (Wildman–Crippen MR) is 257 cm³/mol. The van der Waals surface area contributed by atoms with Gasteiger partial charge in [0.05, 0.1) is 23.8 Å². The standard InChI is InChI=1S/C52H61F3N4O9Si/c1-9-12-23-56-29-39(60)57-37-28-38(66-52(53,54)55)35-26-34-27-36-43(59(24-10-2)25-11-3)46-42(49(58-67-46)65-31-33-21-17-14-18-22-33)48(63)51(36,68-69(7,8)50(4,5)6)47(62)40(34)44(61)41(35)45(37)64-30-32-19-15-13-16-20-32/h10-11,13-22,28,34,36,43,56,61H,2-3,9,12,23-27,29-31H2,1,4-8H3,(H,57,60)/t34-,36-,43-,51?/m0/s1. The topological polar surface area (TPSA) is 162 Å². The van der Waals surface area contributed by atoms with Crippen LogP contribution in [0.1, 0.15) is 91.4 Å². The highest BCUT2D eigenvalue weighted by molar-refractivity contribution is 6.74. The Morgan fingerprint density at radius 3 is 2.17 bits per heavy atom. The van der Waals surface area contributed by atoms with Gasteiger partial charge in [0, 0.05) is 36.2 Å². The molecule has 0 bridgehead atoms. The highest BCUT2D eigenvalue weighted by atomic mass is 28.4. The first-order valence-electron chi connectivity index (χ1n) is 23.2. The number of ketones is 2. The minimum Gasteiger partial charge on any atom is -0.507 e. The first-order valence-corrected chi connectivity index (χ1v) is 26.1. The van der Waals surface area contributed by atoms with Gasteiger partial charge >= 0.3 is 6.36 Å². The largest absolute Gasteiger partial charge is 0.573 e. The fourth-order valence-corrected chi connectivity index (χ4v) is 10.8. The van der Waals surface area contributed by atoms with Crippen LogP contribution in [0.5, 0.6) is 17.4 Å². The molecule has 0 spiro atoms. The molecule has 3 aromatic carbocycles. The van der Waals surface area contributed by atoms with Crippen LogP contribution in [-0.4, -0.2) is 79.1 Å². The molecule has 69 heavy (non-hydrogen) atoms. The van der Waals surface area contributed by atoms with Crippen LogP contribution in [0, 0.1) is 11.8 Å². The maximum absolute atomic E-state index is 16.3. The van der Waals surface area contributed by atoms with Gasteiger partial charge in [-0.15, -0.1) is 26.3 Å². The van der Waals surface area contributed by atoms with Crippen molar-refractivity contribution in [2.75, 3.05) is 31.5 Å². The number of amides is 1. The Labute approximate surface area is 401 Å². The van der Waals surface area contributed by atoms with E-state index in [4.69, 9.17) is 23.2 Å². The number of nitrogens with zero attached hydrogens (tertiary/aromatic N) is 2. The molecular formula is C52H61F3N4O9Si. The Balaban J connectivity index is 1.48. The van der Waals surface area contributed by atoms with E-state index in [0.717, 1.165) is 24.5 Å². The van der Waals surface area contributed by atoms with E-state index in [1.54, 1.807) is 42.5 Å². The molecule has 1 saturated carbocycles. The van der Waals surface area contributed by atoms with E-state index in [9.17, 15) is 23.1 Å². The van der Waals surface area contributed by atoms with Crippen LogP contribution in [0.4, 0.5) is 18.9 Å². The second-order valence-electron chi connectivity index (χ2n) is 19.2.